The van der Waals surface area contributed by atoms with Crippen LogP contribution in [0.1, 0.15) is 16.9 Å². The standard InChI is InChI=1S/C26H20N2O4/c27-28-26(24(29)17-20-7-3-6-18-5-1-2-9-23(18)20)19-10-12-22(13-11-19)32-25(30)15-14-21-8-4-16-31-21/h1-16H,17,27H2/b15-14+,28-26+. The molecular weight excluding hydrogens is 404 g/mol. The summed E-state index contributed by atoms with van der Waals surface area (Å²) in [6, 6.07) is 23.7. The first-order valence-electron chi connectivity index (χ1n) is 9.95. The van der Waals surface area contributed by atoms with Gasteiger partial charge < -0.3 is 15.0 Å². The van der Waals surface area contributed by atoms with Crippen LogP contribution in [0.2, 0.25) is 0 Å². The maximum Gasteiger partial charge on any atom is 0.336 e. The van der Waals surface area contributed by atoms with Crippen molar-refractivity contribution >= 4 is 34.3 Å². The molecule has 1 heterocycles. The van der Waals surface area contributed by atoms with Crippen LogP contribution in [0.3, 0.4) is 0 Å². The minimum absolute atomic E-state index is 0.161. The van der Waals surface area contributed by atoms with Crippen LogP contribution in [-0.2, 0) is 16.0 Å². The average Bonchev–Trinajstić information content (AvgIpc) is 3.33. The van der Waals surface area contributed by atoms with E-state index in [0.29, 0.717) is 17.1 Å². The molecular formula is C26H20N2O4. The summed E-state index contributed by atoms with van der Waals surface area (Å²) in [5.41, 5.74) is 1.61. The van der Waals surface area contributed by atoms with Crippen LogP contribution < -0.4 is 10.6 Å². The molecule has 0 atom stereocenters. The number of hydrazone groups is 1. The highest BCUT2D eigenvalue weighted by atomic mass is 16.5. The number of ether oxygens (including phenoxy) is 1. The van der Waals surface area contributed by atoms with Crippen molar-refractivity contribution in [2.24, 2.45) is 10.9 Å². The van der Waals surface area contributed by atoms with E-state index in [4.69, 9.17) is 15.0 Å². The second kappa shape index (κ2) is 9.57. The summed E-state index contributed by atoms with van der Waals surface area (Å²) < 4.78 is 10.4. The number of nitrogens with zero attached hydrogens (tertiary/aromatic N) is 1. The third-order valence-electron chi connectivity index (χ3n) is 4.90. The van der Waals surface area contributed by atoms with Crippen molar-refractivity contribution < 1.29 is 18.7 Å². The highest BCUT2D eigenvalue weighted by Gasteiger charge is 2.16. The minimum Gasteiger partial charge on any atom is -0.465 e. The van der Waals surface area contributed by atoms with E-state index in [0.717, 1.165) is 16.3 Å². The van der Waals surface area contributed by atoms with Crippen molar-refractivity contribution in [2.45, 2.75) is 6.42 Å². The molecule has 4 aromatic rings. The summed E-state index contributed by atoms with van der Waals surface area (Å²) in [4.78, 5) is 24.9. The normalized spacial score (nSPS) is 11.7. The summed E-state index contributed by atoms with van der Waals surface area (Å²) >= 11 is 0. The monoisotopic (exact) mass is 424 g/mol. The third-order valence-corrected chi connectivity index (χ3v) is 4.90. The Bertz CT molecular complexity index is 1300. The van der Waals surface area contributed by atoms with Gasteiger partial charge in [-0.1, -0.05) is 42.5 Å². The van der Waals surface area contributed by atoms with E-state index in [1.807, 2.05) is 42.5 Å². The molecule has 0 radical (unpaired) electrons. The molecule has 6 nitrogen and oxygen atoms in total. The number of carbonyl (C=O) groups is 2. The Labute approximate surface area is 184 Å². The Morgan fingerprint density at radius 1 is 0.938 bits per heavy atom. The molecule has 0 fully saturated rings. The fraction of sp³-hybridized carbons (Fsp3) is 0.0385. The van der Waals surface area contributed by atoms with Gasteiger partial charge in [-0.25, -0.2) is 4.79 Å². The highest BCUT2D eigenvalue weighted by Crippen LogP contribution is 2.20. The molecule has 0 bridgehead atoms. The van der Waals surface area contributed by atoms with E-state index in [-0.39, 0.29) is 17.9 Å². The lowest BCUT2D eigenvalue weighted by atomic mass is 9.96. The number of hydrogen-bond donors (Lipinski definition) is 1. The molecule has 158 valence electrons. The summed E-state index contributed by atoms with van der Waals surface area (Å²) in [5, 5.41) is 5.80. The molecule has 0 saturated heterocycles. The zero-order valence-corrected chi connectivity index (χ0v) is 17.1. The number of furan rings is 1. The van der Waals surface area contributed by atoms with E-state index >= 15 is 0 Å². The SMILES string of the molecule is N/N=C(/C(=O)Cc1cccc2ccccc12)c1ccc(OC(=O)/C=C/c2ccco2)cc1. The number of Topliss-reactive ketones (excluding diaryl/α,β-unsaturated/α-hetero) is 1. The van der Waals surface area contributed by atoms with Crippen LogP contribution in [0.5, 0.6) is 5.75 Å². The second-order valence-corrected chi connectivity index (χ2v) is 7.01. The van der Waals surface area contributed by atoms with Crippen molar-refractivity contribution in [2.75, 3.05) is 0 Å². The summed E-state index contributed by atoms with van der Waals surface area (Å²) in [5.74, 6) is 5.68. The van der Waals surface area contributed by atoms with Crippen molar-refractivity contribution in [1.82, 2.24) is 0 Å². The number of ketones is 1. The predicted octanol–water partition coefficient (Wildman–Crippen LogP) is 4.53. The number of benzene rings is 3. The number of esters is 1. The molecule has 0 spiro atoms. The fourth-order valence-electron chi connectivity index (χ4n) is 3.38. The van der Waals surface area contributed by atoms with Gasteiger partial charge in [0.15, 0.2) is 5.78 Å². The van der Waals surface area contributed by atoms with Crippen LogP contribution in [0, 0.1) is 0 Å². The van der Waals surface area contributed by atoms with Gasteiger partial charge >= 0.3 is 5.97 Å². The van der Waals surface area contributed by atoms with Crippen molar-refractivity contribution in [3.8, 4) is 5.75 Å². The molecule has 0 aliphatic heterocycles. The van der Waals surface area contributed by atoms with Gasteiger partial charge in [0.05, 0.1) is 6.26 Å². The summed E-state index contributed by atoms with van der Waals surface area (Å²) in [6.45, 7) is 0. The van der Waals surface area contributed by atoms with Gasteiger partial charge in [0.2, 0.25) is 0 Å². The Morgan fingerprint density at radius 3 is 2.47 bits per heavy atom. The maximum absolute atomic E-state index is 12.9. The average molecular weight is 424 g/mol. The van der Waals surface area contributed by atoms with Gasteiger partial charge in [0.25, 0.3) is 0 Å². The number of carbonyl (C=O) groups excluding carboxylic acids is 2. The maximum atomic E-state index is 12.9. The van der Waals surface area contributed by atoms with Gasteiger partial charge in [-0.15, -0.1) is 0 Å². The molecule has 1 aromatic heterocycles. The first-order chi connectivity index (χ1) is 15.6. The lowest BCUT2D eigenvalue weighted by Gasteiger charge is -2.09. The van der Waals surface area contributed by atoms with Crippen LogP contribution in [0.4, 0.5) is 0 Å². The van der Waals surface area contributed by atoms with Crippen molar-refractivity contribution in [3.63, 3.8) is 0 Å². The van der Waals surface area contributed by atoms with E-state index < -0.39 is 5.97 Å². The highest BCUT2D eigenvalue weighted by molar-refractivity contribution is 6.46. The molecule has 6 heteroatoms. The zero-order valence-electron chi connectivity index (χ0n) is 17.1. The van der Waals surface area contributed by atoms with E-state index in [1.165, 1.54) is 18.4 Å². The summed E-state index contributed by atoms with van der Waals surface area (Å²) in [7, 11) is 0. The molecule has 32 heavy (non-hydrogen) atoms. The number of rotatable bonds is 7. The van der Waals surface area contributed by atoms with Crippen LogP contribution in [0.25, 0.3) is 16.8 Å². The third kappa shape index (κ3) is 4.82. The smallest absolute Gasteiger partial charge is 0.336 e. The van der Waals surface area contributed by atoms with Gasteiger partial charge in [-0.3, -0.25) is 4.79 Å². The molecule has 0 aliphatic rings. The molecule has 0 aliphatic carbocycles. The predicted molar refractivity (Wildman–Crippen MR) is 123 cm³/mol. The van der Waals surface area contributed by atoms with E-state index in [2.05, 4.69) is 5.10 Å². The topological polar surface area (TPSA) is 94.9 Å². The lowest BCUT2D eigenvalue weighted by Crippen LogP contribution is -2.20. The van der Waals surface area contributed by atoms with Gasteiger partial charge in [0, 0.05) is 18.1 Å². The molecule has 0 saturated carbocycles. The fourth-order valence-corrected chi connectivity index (χ4v) is 3.38. The number of nitrogens with two attached hydrogens (primary N) is 1. The van der Waals surface area contributed by atoms with Crippen LogP contribution >= 0.6 is 0 Å². The first kappa shape index (κ1) is 20.8. The van der Waals surface area contributed by atoms with Crippen LogP contribution in [-0.4, -0.2) is 17.5 Å². The van der Waals surface area contributed by atoms with E-state index in [1.54, 1.807) is 36.4 Å². The van der Waals surface area contributed by atoms with Crippen molar-refractivity contribution in [3.05, 3.63) is 108 Å². The summed E-state index contributed by atoms with van der Waals surface area (Å²) in [6.07, 6.45) is 4.47. The molecule has 3 aromatic carbocycles. The van der Waals surface area contributed by atoms with Gasteiger partial charge in [-0.2, -0.15) is 5.10 Å². The quantitative estimate of drug-likeness (QED) is 0.117. The molecule has 2 N–H and O–H groups in total. The molecule has 4 rings (SSSR count). The molecule has 0 amide bonds. The Morgan fingerprint density at radius 2 is 1.72 bits per heavy atom. The van der Waals surface area contributed by atoms with Crippen LogP contribution in [0.15, 0.2) is 101 Å². The van der Waals surface area contributed by atoms with Gasteiger partial charge in [0.1, 0.15) is 17.2 Å². The first-order valence-corrected chi connectivity index (χ1v) is 9.95. The Hall–Kier alpha value is -4.45. The number of hydrogen-bond acceptors (Lipinski definition) is 6. The van der Waals surface area contributed by atoms with Gasteiger partial charge in [-0.05, 0) is 58.8 Å². The Balaban J connectivity index is 1.45. The minimum atomic E-state index is -0.547. The van der Waals surface area contributed by atoms with E-state index in [9.17, 15) is 9.59 Å². The molecule has 0 unspecified atom stereocenters. The lowest BCUT2D eigenvalue weighted by molar-refractivity contribution is -0.128. The van der Waals surface area contributed by atoms with Crippen molar-refractivity contribution in [1.29, 1.82) is 0 Å². The Kier molecular flexibility index (Phi) is 6.22. The number of fused-ring (bicyclic) bond motifs is 1. The largest absolute Gasteiger partial charge is 0.465 e. The second-order valence-electron chi connectivity index (χ2n) is 7.01. The zero-order chi connectivity index (χ0) is 22.3.